The number of nitriles is 1. The number of fused-ring (bicyclic) bond motifs is 1. The summed E-state index contributed by atoms with van der Waals surface area (Å²) in [6.07, 6.45) is 6.28. The van der Waals surface area contributed by atoms with E-state index in [0.717, 1.165) is 39.2 Å². The molecule has 1 saturated carbocycles. The average molecular weight is 447 g/mol. The lowest BCUT2D eigenvalue weighted by atomic mass is 10.00. The Morgan fingerprint density at radius 3 is 2.81 bits per heavy atom. The molecule has 0 spiro atoms. The molecule has 5 rings (SSSR count). The minimum absolute atomic E-state index is 0.0347. The first-order chi connectivity index (χ1) is 15.4. The lowest BCUT2D eigenvalue weighted by Crippen LogP contribution is -2.10. The van der Waals surface area contributed by atoms with E-state index < -0.39 is 5.41 Å². The third kappa shape index (κ3) is 4.18. The molecule has 0 radical (unpaired) electrons. The van der Waals surface area contributed by atoms with Crippen LogP contribution < -0.4 is 0 Å². The topological polar surface area (TPSA) is 110 Å². The number of ketones is 1. The number of nitrogens with zero attached hydrogens (tertiary/aromatic N) is 6. The highest BCUT2D eigenvalue weighted by Gasteiger charge is 2.44. The first-order valence-corrected chi connectivity index (χ1v) is 11.4. The molecule has 3 aromatic heterocycles. The number of thiazole rings is 1. The number of benzene rings is 1. The predicted molar refractivity (Wildman–Crippen MR) is 119 cm³/mol. The van der Waals surface area contributed by atoms with Crippen molar-refractivity contribution in [1.29, 1.82) is 5.26 Å². The summed E-state index contributed by atoms with van der Waals surface area (Å²) in [6, 6.07) is 8.75. The van der Waals surface area contributed by atoms with Gasteiger partial charge in [-0.15, -0.1) is 21.5 Å². The largest absolute Gasteiger partial charge is 0.424 e. The van der Waals surface area contributed by atoms with E-state index in [0.29, 0.717) is 24.2 Å². The minimum atomic E-state index is -0.451. The van der Waals surface area contributed by atoms with Crippen LogP contribution in [0.4, 0.5) is 0 Å². The van der Waals surface area contributed by atoms with E-state index in [2.05, 4.69) is 58.5 Å². The first-order valence-electron chi connectivity index (χ1n) is 10.6. The zero-order chi connectivity index (χ0) is 22.3. The normalized spacial score (nSPS) is 14.7. The fourth-order valence-corrected chi connectivity index (χ4v) is 4.64. The zero-order valence-electron chi connectivity index (χ0n) is 17.9. The fraction of sp³-hybridized carbons (Fsp3) is 0.391. The molecule has 1 aliphatic carbocycles. The van der Waals surface area contributed by atoms with Crippen molar-refractivity contribution in [3.05, 3.63) is 47.4 Å². The van der Waals surface area contributed by atoms with Gasteiger partial charge in [-0.25, -0.2) is 4.98 Å². The van der Waals surface area contributed by atoms with E-state index in [-0.39, 0.29) is 18.6 Å². The van der Waals surface area contributed by atoms with Crippen LogP contribution >= 0.6 is 11.3 Å². The first kappa shape index (κ1) is 20.5. The van der Waals surface area contributed by atoms with Gasteiger partial charge in [0.05, 0.1) is 40.7 Å². The Bertz CT molecular complexity index is 1340. The van der Waals surface area contributed by atoms with E-state index in [9.17, 15) is 4.79 Å². The molecule has 0 N–H and O–H groups in total. The van der Waals surface area contributed by atoms with Crippen LogP contribution in [0.15, 0.2) is 35.0 Å². The Balaban J connectivity index is 1.27. The van der Waals surface area contributed by atoms with E-state index in [1.165, 1.54) is 0 Å². The predicted octanol–water partition coefficient (Wildman–Crippen LogP) is 4.52. The van der Waals surface area contributed by atoms with Gasteiger partial charge in [-0.1, -0.05) is 6.07 Å². The van der Waals surface area contributed by atoms with Crippen molar-refractivity contribution in [3.63, 3.8) is 0 Å². The van der Waals surface area contributed by atoms with Crippen LogP contribution in [-0.4, -0.2) is 30.7 Å². The van der Waals surface area contributed by atoms with Crippen molar-refractivity contribution < 1.29 is 9.21 Å². The summed E-state index contributed by atoms with van der Waals surface area (Å²) in [6.45, 7) is 4.20. The number of aromatic nitrogens is 5. The molecule has 0 saturated heterocycles. The molecule has 9 heteroatoms. The van der Waals surface area contributed by atoms with E-state index in [4.69, 9.17) is 9.68 Å². The third-order valence-electron chi connectivity index (χ3n) is 5.68. The number of carbonyl (C=O) groups is 1. The Kier molecular flexibility index (Phi) is 5.10. The molecule has 3 heterocycles. The Hall–Kier alpha value is -3.38. The lowest BCUT2D eigenvalue weighted by Gasteiger charge is -2.03. The quantitative estimate of drug-likeness (QED) is 0.391. The van der Waals surface area contributed by atoms with E-state index >= 15 is 0 Å². The van der Waals surface area contributed by atoms with Crippen molar-refractivity contribution in [2.45, 2.75) is 52.0 Å². The summed E-state index contributed by atoms with van der Waals surface area (Å²) in [4.78, 5) is 16.9. The summed E-state index contributed by atoms with van der Waals surface area (Å²) in [5.74, 6) is 0.698. The molecule has 0 aliphatic heterocycles. The second-order valence-electron chi connectivity index (χ2n) is 8.64. The maximum Gasteiger partial charge on any atom is 0.223 e. The Morgan fingerprint density at radius 1 is 1.28 bits per heavy atom. The highest BCUT2D eigenvalue weighted by Crippen LogP contribution is 2.48. The molecule has 162 valence electrons. The number of hydrogen-bond donors (Lipinski definition) is 0. The standard InChI is InChI=1S/C23H22N6O2S/c1-14(2)29-12-16(11-25-29)15-3-4-18-19(7-15)32-22(26-18)9-21-28-27-20(31-21)8-17(30)10-23(13-24)5-6-23/h3-4,7,11-12,14H,5-6,8-10H2,1-2H3. The number of hydrogen-bond acceptors (Lipinski definition) is 8. The number of Topliss-reactive ketones (excluding diaryl/α,β-unsaturated/α-hetero) is 1. The van der Waals surface area contributed by atoms with E-state index in [1.807, 2.05) is 16.9 Å². The summed E-state index contributed by atoms with van der Waals surface area (Å²) in [5, 5.41) is 22.5. The molecule has 1 fully saturated rings. The molecule has 4 aromatic rings. The van der Waals surface area contributed by atoms with Gasteiger partial charge in [0, 0.05) is 24.2 Å². The lowest BCUT2D eigenvalue weighted by molar-refractivity contribution is -0.119. The number of rotatable bonds is 8. The average Bonchev–Trinajstić information content (AvgIpc) is 3.15. The molecule has 0 unspecified atom stereocenters. The maximum absolute atomic E-state index is 12.2. The SMILES string of the molecule is CC(C)n1cc(-c2ccc3nc(Cc4nnc(CC(=O)CC5(C#N)CC5)o4)sc3c2)cn1. The fourth-order valence-electron chi connectivity index (χ4n) is 3.65. The third-order valence-corrected chi connectivity index (χ3v) is 6.70. The van der Waals surface area contributed by atoms with Crippen molar-refractivity contribution >= 4 is 27.3 Å². The van der Waals surface area contributed by atoms with Crippen LogP contribution in [0.25, 0.3) is 21.3 Å². The van der Waals surface area contributed by atoms with Gasteiger partial charge in [-0.2, -0.15) is 10.4 Å². The van der Waals surface area contributed by atoms with Crippen molar-refractivity contribution in [2.24, 2.45) is 5.41 Å². The smallest absolute Gasteiger partial charge is 0.223 e. The van der Waals surface area contributed by atoms with Crippen molar-refractivity contribution in [1.82, 2.24) is 25.0 Å². The molecular weight excluding hydrogens is 424 g/mol. The van der Waals surface area contributed by atoms with Gasteiger partial charge >= 0.3 is 0 Å². The highest BCUT2D eigenvalue weighted by atomic mass is 32.1. The van der Waals surface area contributed by atoms with Crippen molar-refractivity contribution in [3.8, 4) is 17.2 Å². The monoisotopic (exact) mass is 446 g/mol. The van der Waals surface area contributed by atoms with Crippen LogP contribution in [-0.2, 0) is 17.6 Å². The molecule has 1 aliphatic rings. The second kappa shape index (κ2) is 7.95. The van der Waals surface area contributed by atoms with Gasteiger partial charge < -0.3 is 4.42 Å². The van der Waals surface area contributed by atoms with Crippen LogP contribution in [0.1, 0.15) is 55.9 Å². The second-order valence-corrected chi connectivity index (χ2v) is 9.76. The minimum Gasteiger partial charge on any atom is -0.424 e. The van der Waals surface area contributed by atoms with Gasteiger partial charge in [0.15, 0.2) is 0 Å². The summed E-state index contributed by atoms with van der Waals surface area (Å²) < 4.78 is 8.70. The van der Waals surface area contributed by atoms with Gasteiger partial charge in [0.25, 0.3) is 0 Å². The molecule has 0 atom stereocenters. The molecule has 8 nitrogen and oxygen atoms in total. The molecule has 32 heavy (non-hydrogen) atoms. The summed E-state index contributed by atoms with van der Waals surface area (Å²) in [7, 11) is 0. The van der Waals surface area contributed by atoms with Crippen LogP contribution in [0.3, 0.4) is 0 Å². The van der Waals surface area contributed by atoms with Crippen molar-refractivity contribution in [2.75, 3.05) is 0 Å². The molecule has 1 aromatic carbocycles. The maximum atomic E-state index is 12.2. The Labute approximate surface area is 188 Å². The molecular formula is C23H22N6O2S. The summed E-state index contributed by atoms with van der Waals surface area (Å²) in [5.41, 5.74) is 2.65. The van der Waals surface area contributed by atoms with E-state index in [1.54, 1.807) is 11.3 Å². The van der Waals surface area contributed by atoms with Gasteiger partial charge in [0.2, 0.25) is 11.8 Å². The zero-order valence-corrected chi connectivity index (χ0v) is 18.7. The van der Waals surface area contributed by atoms with Gasteiger partial charge in [-0.3, -0.25) is 9.48 Å². The number of carbonyl (C=O) groups excluding carboxylic acids is 1. The highest BCUT2D eigenvalue weighted by molar-refractivity contribution is 7.18. The van der Waals surface area contributed by atoms with Crippen LogP contribution in [0, 0.1) is 16.7 Å². The van der Waals surface area contributed by atoms with Crippen LogP contribution in [0.5, 0.6) is 0 Å². The van der Waals surface area contributed by atoms with Gasteiger partial charge in [0.1, 0.15) is 10.8 Å². The molecule has 0 amide bonds. The van der Waals surface area contributed by atoms with Gasteiger partial charge in [-0.05, 0) is 44.4 Å². The summed E-state index contributed by atoms with van der Waals surface area (Å²) >= 11 is 1.59. The van der Waals surface area contributed by atoms with Crippen LogP contribution in [0.2, 0.25) is 0 Å². The molecule has 0 bridgehead atoms. The Morgan fingerprint density at radius 2 is 2.09 bits per heavy atom.